The highest BCUT2D eigenvalue weighted by Crippen LogP contribution is 2.39. The zero-order chi connectivity index (χ0) is 11.2. The van der Waals surface area contributed by atoms with Crippen molar-refractivity contribution in [1.29, 1.82) is 0 Å². The molecule has 15 heavy (non-hydrogen) atoms. The van der Waals surface area contributed by atoms with E-state index in [-0.39, 0.29) is 5.41 Å². The van der Waals surface area contributed by atoms with Crippen molar-refractivity contribution in [3.8, 4) is 0 Å². The SMILES string of the molecule is CC(C1CC1)n1[nH]c(C(C)(C)C)cc1=S. The fraction of sp³-hybridized carbons (Fsp3) is 0.750. The van der Waals surface area contributed by atoms with Crippen molar-refractivity contribution in [2.75, 3.05) is 0 Å². The number of aromatic nitrogens is 2. The van der Waals surface area contributed by atoms with Crippen LogP contribution < -0.4 is 0 Å². The van der Waals surface area contributed by atoms with Crippen LogP contribution in [0.3, 0.4) is 0 Å². The Labute approximate surface area is 96.7 Å². The molecule has 0 aliphatic heterocycles. The molecule has 1 aliphatic carbocycles. The van der Waals surface area contributed by atoms with Gasteiger partial charge in [0.2, 0.25) is 0 Å². The molecule has 2 nitrogen and oxygen atoms in total. The molecule has 1 saturated carbocycles. The van der Waals surface area contributed by atoms with E-state index in [9.17, 15) is 0 Å². The summed E-state index contributed by atoms with van der Waals surface area (Å²) in [6.07, 6.45) is 2.71. The number of nitrogens with one attached hydrogen (secondary N) is 1. The Hall–Kier alpha value is -0.570. The lowest BCUT2D eigenvalue weighted by atomic mass is 9.93. The van der Waals surface area contributed by atoms with Crippen LogP contribution in [0.4, 0.5) is 0 Å². The molecule has 1 aromatic heterocycles. The van der Waals surface area contributed by atoms with Crippen molar-refractivity contribution in [2.45, 2.75) is 52.0 Å². The Bertz CT molecular complexity index is 404. The highest BCUT2D eigenvalue weighted by Gasteiger charge is 2.30. The summed E-state index contributed by atoms with van der Waals surface area (Å²) in [5.74, 6) is 0.836. The zero-order valence-electron chi connectivity index (χ0n) is 10.0. The molecule has 1 fully saturated rings. The molecule has 3 heteroatoms. The summed E-state index contributed by atoms with van der Waals surface area (Å²) in [5, 5.41) is 3.46. The number of hydrogen-bond donors (Lipinski definition) is 1. The lowest BCUT2D eigenvalue weighted by Gasteiger charge is -2.17. The molecule has 0 bridgehead atoms. The van der Waals surface area contributed by atoms with Crippen LogP contribution in [0.15, 0.2) is 6.07 Å². The van der Waals surface area contributed by atoms with Crippen LogP contribution in [0.2, 0.25) is 0 Å². The van der Waals surface area contributed by atoms with Gasteiger partial charge in [0.05, 0.1) is 6.04 Å². The monoisotopic (exact) mass is 224 g/mol. The molecular weight excluding hydrogens is 204 g/mol. The highest BCUT2D eigenvalue weighted by atomic mass is 32.1. The van der Waals surface area contributed by atoms with Crippen molar-refractivity contribution >= 4 is 12.2 Å². The van der Waals surface area contributed by atoms with Crippen molar-refractivity contribution in [1.82, 2.24) is 9.78 Å². The predicted octanol–water partition coefficient (Wildman–Crippen LogP) is 3.81. The summed E-state index contributed by atoms with van der Waals surface area (Å²) >= 11 is 5.40. The molecule has 1 aliphatic rings. The quantitative estimate of drug-likeness (QED) is 0.757. The van der Waals surface area contributed by atoms with Gasteiger partial charge in [-0.25, -0.2) is 0 Å². The standard InChI is InChI=1S/C12H20N2S/c1-8(9-5-6-9)14-11(15)7-10(13-14)12(2,3)4/h7-9,13H,5-6H2,1-4H3. The molecule has 0 amide bonds. The molecule has 0 spiro atoms. The van der Waals surface area contributed by atoms with Crippen LogP contribution in [-0.4, -0.2) is 9.78 Å². The largest absolute Gasteiger partial charge is 0.301 e. The molecule has 0 aromatic carbocycles. The maximum Gasteiger partial charge on any atom is 0.122 e. The molecule has 2 rings (SSSR count). The molecule has 84 valence electrons. The van der Waals surface area contributed by atoms with Crippen molar-refractivity contribution < 1.29 is 0 Å². The maximum absolute atomic E-state index is 5.40. The number of rotatable bonds is 2. The third kappa shape index (κ3) is 2.17. The molecule has 1 aromatic rings. The van der Waals surface area contributed by atoms with Crippen LogP contribution >= 0.6 is 12.2 Å². The van der Waals surface area contributed by atoms with E-state index in [1.807, 2.05) is 0 Å². The van der Waals surface area contributed by atoms with E-state index in [4.69, 9.17) is 12.2 Å². The minimum absolute atomic E-state index is 0.155. The first kappa shape index (κ1) is 10.9. The van der Waals surface area contributed by atoms with Gasteiger partial charge >= 0.3 is 0 Å². The first-order chi connectivity index (χ1) is 6.89. The number of nitrogens with zero attached hydrogens (tertiary/aromatic N) is 1. The van der Waals surface area contributed by atoms with Crippen LogP contribution in [0, 0.1) is 10.6 Å². The average Bonchev–Trinajstić information content (AvgIpc) is 2.87. The lowest BCUT2D eigenvalue weighted by molar-refractivity contribution is 0.423. The van der Waals surface area contributed by atoms with Gasteiger partial charge in [-0.1, -0.05) is 33.0 Å². The summed E-state index contributed by atoms with van der Waals surface area (Å²) in [6.45, 7) is 8.88. The second-order valence-electron chi connectivity index (χ2n) is 5.71. The molecule has 1 heterocycles. The van der Waals surface area contributed by atoms with E-state index in [1.54, 1.807) is 0 Å². The first-order valence-electron chi connectivity index (χ1n) is 5.71. The van der Waals surface area contributed by atoms with Crippen molar-refractivity contribution in [3.05, 3.63) is 16.4 Å². The Morgan fingerprint density at radius 1 is 1.47 bits per heavy atom. The summed E-state index contributed by atoms with van der Waals surface area (Å²) in [7, 11) is 0. The Morgan fingerprint density at radius 2 is 2.07 bits per heavy atom. The van der Waals surface area contributed by atoms with Crippen molar-refractivity contribution in [3.63, 3.8) is 0 Å². The van der Waals surface area contributed by atoms with Gasteiger partial charge in [0.15, 0.2) is 0 Å². The number of aromatic amines is 1. The lowest BCUT2D eigenvalue weighted by Crippen LogP contribution is -2.15. The maximum atomic E-state index is 5.40. The van der Waals surface area contributed by atoms with E-state index in [0.29, 0.717) is 6.04 Å². The molecule has 1 N–H and O–H groups in total. The minimum atomic E-state index is 0.155. The number of H-pyrrole nitrogens is 1. The third-order valence-electron chi connectivity index (χ3n) is 3.27. The molecule has 0 radical (unpaired) electrons. The summed E-state index contributed by atoms with van der Waals surface area (Å²) < 4.78 is 3.10. The Morgan fingerprint density at radius 3 is 2.47 bits per heavy atom. The number of hydrogen-bond acceptors (Lipinski definition) is 1. The molecule has 1 unspecified atom stereocenters. The topological polar surface area (TPSA) is 20.7 Å². The third-order valence-corrected chi connectivity index (χ3v) is 3.58. The van der Waals surface area contributed by atoms with E-state index in [0.717, 1.165) is 10.6 Å². The second kappa shape index (κ2) is 3.48. The van der Waals surface area contributed by atoms with Gasteiger partial charge in [0.25, 0.3) is 0 Å². The van der Waals surface area contributed by atoms with E-state index in [1.165, 1.54) is 18.5 Å². The predicted molar refractivity (Wildman–Crippen MR) is 65.8 cm³/mol. The molecular formula is C12H20N2S. The smallest absolute Gasteiger partial charge is 0.122 e. The van der Waals surface area contributed by atoms with Gasteiger partial charge in [-0.3, -0.25) is 4.68 Å². The van der Waals surface area contributed by atoms with Gasteiger partial charge in [-0.15, -0.1) is 0 Å². The van der Waals surface area contributed by atoms with E-state index >= 15 is 0 Å². The van der Waals surface area contributed by atoms with Gasteiger partial charge in [-0.2, -0.15) is 0 Å². The summed E-state index contributed by atoms with van der Waals surface area (Å²) in [6, 6.07) is 2.64. The van der Waals surface area contributed by atoms with Crippen molar-refractivity contribution in [2.24, 2.45) is 5.92 Å². The van der Waals surface area contributed by atoms with E-state index in [2.05, 4.69) is 43.5 Å². The Balaban J connectivity index is 2.33. The summed E-state index contributed by atoms with van der Waals surface area (Å²) in [4.78, 5) is 0. The fourth-order valence-corrected chi connectivity index (χ4v) is 2.22. The molecule has 0 saturated heterocycles. The highest BCUT2D eigenvalue weighted by molar-refractivity contribution is 7.71. The second-order valence-corrected chi connectivity index (χ2v) is 6.12. The van der Waals surface area contributed by atoms with Crippen LogP contribution in [-0.2, 0) is 5.41 Å². The van der Waals surface area contributed by atoms with Crippen LogP contribution in [0.25, 0.3) is 0 Å². The van der Waals surface area contributed by atoms with Gasteiger partial charge in [0.1, 0.15) is 4.64 Å². The fourth-order valence-electron chi connectivity index (χ4n) is 1.89. The first-order valence-corrected chi connectivity index (χ1v) is 6.12. The van der Waals surface area contributed by atoms with E-state index < -0.39 is 0 Å². The zero-order valence-corrected chi connectivity index (χ0v) is 10.8. The summed E-state index contributed by atoms with van der Waals surface area (Å²) in [5.41, 5.74) is 1.39. The van der Waals surface area contributed by atoms with Crippen LogP contribution in [0.5, 0.6) is 0 Å². The van der Waals surface area contributed by atoms with Gasteiger partial charge in [-0.05, 0) is 31.7 Å². The molecule has 1 atom stereocenters. The normalized spacial score (nSPS) is 19.2. The van der Waals surface area contributed by atoms with Crippen LogP contribution in [0.1, 0.15) is 52.3 Å². The minimum Gasteiger partial charge on any atom is -0.301 e. The van der Waals surface area contributed by atoms with Gasteiger partial charge < -0.3 is 5.10 Å². The van der Waals surface area contributed by atoms with Gasteiger partial charge in [0, 0.05) is 11.1 Å². The average molecular weight is 224 g/mol. The Kier molecular flexibility index (Phi) is 2.53.